The molecule has 0 aliphatic carbocycles. The molecule has 0 N–H and O–H groups in total. The highest BCUT2D eigenvalue weighted by Gasteiger charge is 2.38. The molecule has 2 rings (SSSR count). The molecule has 0 aromatic heterocycles. The van der Waals surface area contributed by atoms with Crippen LogP contribution in [0, 0.1) is 0 Å². The molecule has 70 valence electrons. The number of rotatable bonds is 2. The highest BCUT2D eigenvalue weighted by Crippen LogP contribution is 2.37. The summed E-state index contributed by atoms with van der Waals surface area (Å²) in [5, 5.41) is 0.746. The molecular weight excluding hydrogens is 206 g/mol. The number of carbonyl (C=O) groups is 1. The van der Waals surface area contributed by atoms with E-state index in [0.29, 0.717) is 22.9 Å². The normalized spacial score (nSPS) is 32.1. The maximum absolute atomic E-state index is 11.0. The van der Waals surface area contributed by atoms with Crippen LogP contribution in [0.3, 0.4) is 0 Å². The van der Waals surface area contributed by atoms with Crippen molar-refractivity contribution in [3.8, 4) is 0 Å². The van der Waals surface area contributed by atoms with Gasteiger partial charge in [-0.25, -0.2) is 0 Å². The van der Waals surface area contributed by atoms with Crippen molar-refractivity contribution < 1.29 is 4.79 Å². The fourth-order valence-electron chi connectivity index (χ4n) is 1.39. The molecule has 2 aliphatic heterocycles. The van der Waals surface area contributed by atoms with Gasteiger partial charge in [0.15, 0.2) is 0 Å². The van der Waals surface area contributed by atoms with Crippen LogP contribution in [-0.4, -0.2) is 27.3 Å². The molecule has 0 radical (unpaired) electrons. The van der Waals surface area contributed by atoms with Gasteiger partial charge in [-0.15, -0.1) is 23.4 Å². The lowest BCUT2D eigenvalue weighted by Crippen LogP contribution is -2.49. The standard InChI is InChI=1S/C9H10ClNOS/c10-4-1-2-7-3-5-11-8(12)6-9(11)13-7/h1-3,5,7,9H,4,6H2/b2-1+/t7?,9-/m1/s1. The number of nitrogens with zero attached hydrogens (tertiary/aromatic N) is 1. The summed E-state index contributed by atoms with van der Waals surface area (Å²) < 4.78 is 0. The van der Waals surface area contributed by atoms with Crippen LogP contribution in [0.25, 0.3) is 0 Å². The van der Waals surface area contributed by atoms with E-state index in [1.54, 1.807) is 16.7 Å². The zero-order chi connectivity index (χ0) is 9.26. The number of hydrogen-bond acceptors (Lipinski definition) is 2. The van der Waals surface area contributed by atoms with Crippen LogP contribution in [0.5, 0.6) is 0 Å². The highest BCUT2D eigenvalue weighted by atomic mass is 35.5. The molecule has 1 fully saturated rings. The fraction of sp³-hybridized carbons (Fsp3) is 0.444. The molecule has 4 heteroatoms. The largest absolute Gasteiger partial charge is 0.306 e. The minimum atomic E-state index is 0.230. The van der Waals surface area contributed by atoms with Crippen molar-refractivity contribution in [2.45, 2.75) is 17.0 Å². The number of amides is 1. The number of β-lactam (4-membered cyclic amide) rings is 1. The van der Waals surface area contributed by atoms with Crippen LogP contribution in [0.15, 0.2) is 24.4 Å². The summed E-state index contributed by atoms with van der Waals surface area (Å²) in [6.45, 7) is 0. The van der Waals surface area contributed by atoms with Gasteiger partial charge in [-0.1, -0.05) is 18.2 Å². The summed E-state index contributed by atoms with van der Waals surface area (Å²) in [6.07, 6.45) is 8.62. The Morgan fingerprint density at radius 2 is 2.62 bits per heavy atom. The molecule has 13 heavy (non-hydrogen) atoms. The van der Waals surface area contributed by atoms with Crippen LogP contribution in [0.1, 0.15) is 6.42 Å². The summed E-state index contributed by atoms with van der Waals surface area (Å²) >= 11 is 7.34. The van der Waals surface area contributed by atoms with E-state index in [9.17, 15) is 4.79 Å². The average molecular weight is 216 g/mol. The second-order valence-corrected chi connectivity index (χ2v) is 4.65. The van der Waals surface area contributed by atoms with E-state index in [-0.39, 0.29) is 5.91 Å². The van der Waals surface area contributed by atoms with Gasteiger partial charge in [0.2, 0.25) is 5.91 Å². The Kier molecular flexibility index (Phi) is 2.65. The molecule has 2 aliphatic rings. The van der Waals surface area contributed by atoms with E-state index >= 15 is 0 Å². The van der Waals surface area contributed by atoms with Crippen LogP contribution in [0.4, 0.5) is 0 Å². The van der Waals surface area contributed by atoms with Gasteiger partial charge < -0.3 is 4.90 Å². The van der Waals surface area contributed by atoms with Crippen LogP contribution < -0.4 is 0 Å². The fourth-order valence-corrected chi connectivity index (χ4v) is 2.78. The van der Waals surface area contributed by atoms with E-state index in [0.717, 1.165) is 0 Å². The zero-order valence-corrected chi connectivity index (χ0v) is 8.59. The minimum absolute atomic E-state index is 0.230. The number of allylic oxidation sites excluding steroid dienone is 1. The maximum atomic E-state index is 11.0. The first-order valence-corrected chi connectivity index (χ1v) is 5.66. The molecule has 0 bridgehead atoms. The maximum Gasteiger partial charge on any atom is 0.230 e. The van der Waals surface area contributed by atoms with Gasteiger partial charge in [-0.2, -0.15) is 0 Å². The number of carbonyl (C=O) groups excluding carboxylic acids is 1. The second-order valence-electron chi connectivity index (χ2n) is 2.98. The number of halogens is 1. The topological polar surface area (TPSA) is 20.3 Å². The minimum Gasteiger partial charge on any atom is -0.306 e. The second kappa shape index (κ2) is 3.76. The van der Waals surface area contributed by atoms with Crippen LogP contribution in [-0.2, 0) is 4.79 Å². The molecule has 1 unspecified atom stereocenters. The molecule has 0 saturated carbocycles. The molecule has 0 aromatic rings. The van der Waals surface area contributed by atoms with E-state index in [4.69, 9.17) is 11.6 Å². The van der Waals surface area contributed by atoms with Crippen molar-refractivity contribution in [2.24, 2.45) is 0 Å². The molecule has 0 spiro atoms. The van der Waals surface area contributed by atoms with Gasteiger partial charge in [0.25, 0.3) is 0 Å². The van der Waals surface area contributed by atoms with Gasteiger partial charge in [0.1, 0.15) is 0 Å². The van der Waals surface area contributed by atoms with Gasteiger partial charge in [-0.3, -0.25) is 4.79 Å². The number of thioether (sulfide) groups is 1. The SMILES string of the molecule is O=C1C[C@H]2SC(/C=C/CCl)C=CN12. The van der Waals surface area contributed by atoms with Crippen molar-refractivity contribution in [3.63, 3.8) is 0 Å². The van der Waals surface area contributed by atoms with E-state index < -0.39 is 0 Å². The summed E-state index contributed by atoms with van der Waals surface area (Å²) in [6, 6.07) is 0. The number of hydrogen-bond donors (Lipinski definition) is 0. The average Bonchev–Trinajstić information content (AvgIpc) is 2.13. The number of alkyl halides is 1. The van der Waals surface area contributed by atoms with Crippen LogP contribution in [0.2, 0.25) is 0 Å². The predicted octanol–water partition coefficient (Wildman–Crippen LogP) is 1.97. The first-order chi connectivity index (χ1) is 6.31. The Bertz CT molecular complexity index is 277. The molecule has 1 saturated heterocycles. The lowest BCUT2D eigenvalue weighted by atomic mass is 10.2. The lowest BCUT2D eigenvalue weighted by Gasteiger charge is -2.41. The molecule has 1 amide bonds. The molecule has 2 nitrogen and oxygen atoms in total. The third-order valence-electron chi connectivity index (χ3n) is 2.11. The van der Waals surface area contributed by atoms with Crippen molar-refractivity contribution in [1.82, 2.24) is 4.90 Å². The van der Waals surface area contributed by atoms with Crippen molar-refractivity contribution in [2.75, 3.05) is 5.88 Å². The Hall–Kier alpha value is -0.410. The van der Waals surface area contributed by atoms with Crippen molar-refractivity contribution in [1.29, 1.82) is 0 Å². The number of fused-ring (bicyclic) bond motifs is 1. The first kappa shape index (κ1) is 9.16. The Balaban J connectivity index is 1.97. The van der Waals surface area contributed by atoms with Crippen molar-refractivity contribution in [3.05, 3.63) is 24.4 Å². The zero-order valence-electron chi connectivity index (χ0n) is 7.02. The van der Waals surface area contributed by atoms with Gasteiger partial charge in [-0.05, 0) is 0 Å². The smallest absolute Gasteiger partial charge is 0.230 e. The van der Waals surface area contributed by atoms with Crippen LogP contribution >= 0.6 is 23.4 Å². The highest BCUT2D eigenvalue weighted by molar-refractivity contribution is 8.00. The molecule has 2 heterocycles. The van der Waals surface area contributed by atoms with Crippen molar-refractivity contribution >= 4 is 29.3 Å². The molecular formula is C9H10ClNOS. The van der Waals surface area contributed by atoms with E-state index in [2.05, 4.69) is 6.08 Å². The Morgan fingerprint density at radius 3 is 3.23 bits per heavy atom. The summed E-state index contributed by atoms with van der Waals surface area (Å²) in [7, 11) is 0. The predicted molar refractivity (Wildman–Crippen MR) is 55.6 cm³/mol. The third-order valence-corrected chi connectivity index (χ3v) is 3.63. The monoisotopic (exact) mass is 215 g/mol. The van der Waals surface area contributed by atoms with Gasteiger partial charge in [0, 0.05) is 17.3 Å². The summed E-state index contributed by atoms with van der Waals surface area (Å²) in [5.41, 5.74) is 0. The Morgan fingerprint density at radius 1 is 1.77 bits per heavy atom. The lowest BCUT2D eigenvalue weighted by molar-refractivity contribution is -0.137. The van der Waals surface area contributed by atoms with Gasteiger partial charge in [0.05, 0.1) is 11.8 Å². The van der Waals surface area contributed by atoms with E-state index in [1.165, 1.54) is 0 Å². The molecule has 2 atom stereocenters. The van der Waals surface area contributed by atoms with E-state index in [1.807, 2.05) is 18.4 Å². The van der Waals surface area contributed by atoms with Gasteiger partial charge >= 0.3 is 0 Å². The quantitative estimate of drug-likeness (QED) is 0.399. The molecule has 0 aromatic carbocycles. The summed E-state index contributed by atoms with van der Waals surface area (Å²) in [4.78, 5) is 12.8. The Labute approximate surface area is 86.6 Å². The third kappa shape index (κ3) is 1.76. The first-order valence-electron chi connectivity index (χ1n) is 4.19. The summed E-state index contributed by atoms with van der Waals surface area (Å²) in [5.74, 6) is 0.784.